The molecule has 1 saturated heterocycles. The highest BCUT2D eigenvalue weighted by Crippen LogP contribution is 2.22. The first-order valence-corrected chi connectivity index (χ1v) is 9.10. The highest BCUT2D eigenvalue weighted by Gasteiger charge is 2.20. The summed E-state index contributed by atoms with van der Waals surface area (Å²) < 4.78 is 20.3. The van der Waals surface area contributed by atoms with Crippen LogP contribution in [0.1, 0.15) is 6.92 Å². The van der Waals surface area contributed by atoms with E-state index in [1.54, 1.807) is 0 Å². The third kappa shape index (κ3) is 4.49. The number of carbonyl (C=O) groups is 1. The van der Waals surface area contributed by atoms with Gasteiger partial charge in [-0.15, -0.1) is 10.2 Å². The van der Waals surface area contributed by atoms with Gasteiger partial charge in [0.2, 0.25) is 11.9 Å². The van der Waals surface area contributed by atoms with Crippen molar-refractivity contribution in [1.82, 2.24) is 14.8 Å². The summed E-state index contributed by atoms with van der Waals surface area (Å²) in [5.74, 6) is 0.514. The van der Waals surface area contributed by atoms with E-state index in [1.807, 2.05) is 11.5 Å². The van der Waals surface area contributed by atoms with E-state index in [9.17, 15) is 9.18 Å². The van der Waals surface area contributed by atoms with Gasteiger partial charge in [0.1, 0.15) is 5.82 Å². The van der Waals surface area contributed by atoms with Crippen LogP contribution in [0.3, 0.4) is 0 Å². The van der Waals surface area contributed by atoms with Crippen LogP contribution in [0.4, 0.5) is 16.0 Å². The fourth-order valence-electron chi connectivity index (χ4n) is 2.52. The van der Waals surface area contributed by atoms with Gasteiger partial charge in [-0.05, 0) is 31.2 Å². The molecule has 3 rings (SSSR count). The van der Waals surface area contributed by atoms with Crippen LogP contribution in [-0.2, 0) is 16.1 Å². The molecule has 1 N–H and O–H groups in total. The molecule has 1 aromatic heterocycles. The fraction of sp³-hybridized carbons (Fsp3) is 0.438. The molecule has 1 fully saturated rings. The quantitative estimate of drug-likeness (QED) is 0.790. The summed E-state index contributed by atoms with van der Waals surface area (Å²) in [5, 5.41) is 11.9. The first kappa shape index (κ1) is 17.7. The van der Waals surface area contributed by atoms with Crippen LogP contribution >= 0.6 is 11.8 Å². The number of rotatable bonds is 6. The highest BCUT2D eigenvalue weighted by atomic mass is 32.2. The second-order valence-electron chi connectivity index (χ2n) is 5.47. The number of hydrogen-bond acceptors (Lipinski definition) is 6. The van der Waals surface area contributed by atoms with Gasteiger partial charge in [-0.25, -0.2) is 4.39 Å². The van der Waals surface area contributed by atoms with Crippen molar-refractivity contribution < 1.29 is 13.9 Å². The normalized spacial score (nSPS) is 14.6. The number of nitrogens with one attached hydrogen (secondary N) is 1. The van der Waals surface area contributed by atoms with Crippen LogP contribution in [0.25, 0.3) is 0 Å². The molecule has 7 nitrogen and oxygen atoms in total. The Labute approximate surface area is 149 Å². The van der Waals surface area contributed by atoms with Crippen molar-refractivity contribution in [1.29, 1.82) is 0 Å². The number of thioether (sulfide) groups is 1. The van der Waals surface area contributed by atoms with E-state index >= 15 is 0 Å². The van der Waals surface area contributed by atoms with Crippen molar-refractivity contribution >= 4 is 29.3 Å². The number of aromatic nitrogens is 3. The van der Waals surface area contributed by atoms with Gasteiger partial charge in [0.15, 0.2) is 5.16 Å². The van der Waals surface area contributed by atoms with Crippen molar-refractivity contribution in [3.05, 3.63) is 30.1 Å². The Morgan fingerprint density at radius 3 is 2.68 bits per heavy atom. The second-order valence-corrected chi connectivity index (χ2v) is 6.41. The zero-order valence-electron chi connectivity index (χ0n) is 13.9. The minimum absolute atomic E-state index is 0.171. The predicted molar refractivity (Wildman–Crippen MR) is 94.5 cm³/mol. The van der Waals surface area contributed by atoms with Gasteiger partial charge < -0.3 is 15.0 Å². The van der Waals surface area contributed by atoms with Gasteiger partial charge in [-0.2, -0.15) is 0 Å². The zero-order valence-corrected chi connectivity index (χ0v) is 14.8. The maximum atomic E-state index is 12.9. The Kier molecular flexibility index (Phi) is 5.87. The zero-order chi connectivity index (χ0) is 17.6. The summed E-state index contributed by atoms with van der Waals surface area (Å²) >= 11 is 1.33. The lowest BCUT2D eigenvalue weighted by molar-refractivity contribution is -0.113. The standard InChI is InChI=1S/C16H20FN5O2S/c1-2-22-15(21-7-9-24-10-8-21)19-20-16(22)25-11-14(23)18-13-5-3-12(17)4-6-13/h3-6H,2,7-11H2,1H3,(H,18,23). The van der Waals surface area contributed by atoms with E-state index in [2.05, 4.69) is 20.4 Å². The average Bonchev–Trinajstić information content (AvgIpc) is 3.05. The Hall–Kier alpha value is -2.13. The molecule has 9 heteroatoms. The molecule has 2 heterocycles. The SMILES string of the molecule is CCn1c(SCC(=O)Nc2ccc(F)cc2)nnc1N1CCOCC1. The molecule has 0 radical (unpaired) electrons. The van der Waals surface area contributed by atoms with Crippen LogP contribution in [0, 0.1) is 5.82 Å². The molecule has 1 aromatic carbocycles. The number of halogens is 1. The Bertz CT molecular complexity index is 716. The van der Waals surface area contributed by atoms with Crippen LogP contribution in [0.5, 0.6) is 0 Å². The lowest BCUT2D eigenvalue weighted by Gasteiger charge is -2.27. The minimum Gasteiger partial charge on any atom is -0.378 e. The van der Waals surface area contributed by atoms with Gasteiger partial charge in [-0.1, -0.05) is 11.8 Å². The maximum absolute atomic E-state index is 12.9. The number of ether oxygens (including phenoxy) is 1. The number of benzene rings is 1. The van der Waals surface area contributed by atoms with Crippen molar-refractivity contribution in [3.63, 3.8) is 0 Å². The summed E-state index contributed by atoms with van der Waals surface area (Å²) in [7, 11) is 0. The second kappa shape index (κ2) is 8.30. The van der Waals surface area contributed by atoms with Crippen LogP contribution in [-0.4, -0.2) is 52.7 Å². The number of morpholine rings is 1. The van der Waals surface area contributed by atoms with Crippen molar-refractivity contribution in [3.8, 4) is 0 Å². The number of nitrogens with zero attached hydrogens (tertiary/aromatic N) is 4. The fourth-order valence-corrected chi connectivity index (χ4v) is 3.32. The maximum Gasteiger partial charge on any atom is 0.234 e. The molecule has 25 heavy (non-hydrogen) atoms. The first-order valence-electron chi connectivity index (χ1n) is 8.11. The predicted octanol–water partition coefficient (Wildman–Crippen LogP) is 2.00. The Morgan fingerprint density at radius 2 is 2.00 bits per heavy atom. The molecule has 1 aliphatic heterocycles. The summed E-state index contributed by atoms with van der Waals surface area (Å²) in [5.41, 5.74) is 0.568. The third-order valence-corrected chi connectivity index (χ3v) is 4.73. The Morgan fingerprint density at radius 1 is 1.28 bits per heavy atom. The number of anilines is 2. The van der Waals surface area contributed by atoms with E-state index in [-0.39, 0.29) is 17.5 Å². The molecule has 0 unspecified atom stereocenters. The lowest BCUT2D eigenvalue weighted by atomic mass is 10.3. The molecule has 1 amide bonds. The molecule has 0 aliphatic carbocycles. The van der Waals surface area contributed by atoms with Crippen molar-refractivity contribution in [2.45, 2.75) is 18.6 Å². The smallest absolute Gasteiger partial charge is 0.234 e. The van der Waals surface area contributed by atoms with E-state index in [0.717, 1.165) is 25.6 Å². The van der Waals surface area contributed by atoms with Crippen LogP contribution < -0.4 is 10.2 Å². The summed E-state index contributed by atoms with van der Waals surface area (Å²) in [6.45, 7) is 5.68. The van der Waals surface area contributed by atoms with E-state index in [4.69, 9.17) is 4.74 Å². The number of hydrogen-bond donors (Lipinski definition) is 1. The van der Waals surface area contributed by atoms with E-state index in [0.29, 0.717) is 24.1 Å². The summed E-state index contributed by atoms with van der Waals surface area (Å²) in [4.78, 5) is 14.2. The summed E-state index contributed by atoms with van der Waals surface area (Å²) in [6.07, 6.45) is 0. The van der Waals surface area contributed by atoms with Gasteiger partial charge in [0, 0.05) is 25.3 Å². The molecule has 134 valence electrons. The summed E-state index contributed by atoms with van der Waals surface area (Å²) in [6, 6.07) is 5.68. The van der Waals surface area contributed by atoms with Crippen LogP contribution in [0.15, 0.2) is 29.4 Å². The number of carbonyl (C=O) groups excluding carboxylic acids is 1. The van der Waals surface area contributed by atoms with Gasteiger partial charge in [-0.3, -0.25) is 9.36 Å². The molecular formula is C16H20FN5O2S. The highest BCUT2D eigenvalue weighted by molar-refractivity contribution is 7.99. The molecular weight excluding hydrogens is 345 g/mol. The van der Waals surface area contributed by atoms with Gasteiger partial charge >= 0.3 is 0 Å². The minimum atomic E-state index is -0.334. The van der Waals surface area contributed by atoms with Crippen LogP contribution in [0.2, 0.25) is 0 Å². The molecule has 0 bridgehead atoms. The molecule has 0 saturated carbocycles. The lowest BCUT2D eigenvalue weighted by Crippen LogP contribution is -2.38. The first-order chi connectivity index (χ1) is 12.2. The van der Waals surface area contributed by atoms with Gasteiger partial charge in [0.05, 0.1) is 19.0 Å². The Balaban J connectivity index is 1.59. The molecule has 1 aliphatic rings. The van der Waals surface area contributed by atoms with Crippen molar-refractivity contribution in [2.24, 2.45) is 0 Å². The third-order valence-electron chi connectivity index (χ3n) is 3.77. The molecule has 0 atom stereocenters. The topological polar surface area (TPSA) is 72.3 Å². The average molecular weight is 365 g/mol. The number of amides is 1. The monoisotopic (exact) mass is 365 g/mol. The largest absolute Gasteiger partial charge is 0.378 e. The molecule has 0 spiro atoms. The van der Waals surface area contributed by atoms with E-state index < -0.39 is 0 Å². The van der Waals surface area contributed by atoms with Gasteiger partial charge in [0.25, 0.3) is 0 Å². The van der Waals surface area contributed by atoms with Crippen molar-refractivity contribution in [2.75, 3.05) is 42.3 Å². The molecule has 2 aromatic rings. The van der Waals surface area contributed by atoms with E-state index in [1.165, 1.54) is 36.0 Å².